The van der Waals surface area contributed by atoms with Gasteiger partial charge in [0.05, 0.1) is 4.34 Å². The van der Waals surface area contributed by atoms with E-state index in [1.54, 1.807) is 30.3 Å². The molecule has 1 aromatic carbocycles. The number of halogens is 2. The van der Waals surface area contributed by atoms with Crippen molar-refractivity contribution in [2.24, 2.45) is 0 Å². The van der Waals surface area contributed by atoms with Crippen molar-refractivity contribution in [3.8, 4) is 0 Å². The largest absolute Gasteiger partial charge is 0.273 e. The third kappa shape index (κ3) is 3.50. The Morgan fingerprint density at radius 1 is 1.15 bits per heavy atom. The highest BCUT2D eigenvalue weighted by Gasteiger charge is 2.21. The third-order valence-electron chi connectivity index (χ3n) is 2.25. The van der Waals surface area contributed by atoms with Crippen LogP contribution in [0.3, 0.4) is 0 Å². The van der Waals surface area contributed by atoms with Gasteiger partial charge in [-0.05, 0) is 18.2 Å². The Morgan fingerprint density at radius 3 is 2.35 bits per heavy atom. The van der Waals surface area contributed by atoms with Gasteiger partial charge in [0, 0.05) is 5.56 Å². The Kier molecular flexibility index (Phi) is 4.66. The predicted molar refractivity (Wildman–Crippen MR) is 78.6 cm³/mol. The van der Waals surface area contributed by atoms with Crippen molar-refractivity contribution in [3.05, 3.63) is 50.6 Å². The van der Waals surface area contributed by atoms with Crippen molar-refractivity contribution < 1.29 is 13.2 Å². The van der Waals surface area contributed by atoms with Crippen LogP contribution in [0.25, 0.3) is 0 Å². The molecule has 1 aromatic heterocycles. The first-order chi connectivity index (χ1) is 9.40. The van der Waals surface area contributed by atoms with E-state index >= 15 is 0 Å². The number of amides is 1. The lowest BCUT2D eigenvalue weighted by Gasteiger charge is -2.07. The fraction of sp³-hybridized carbons (Fsp3) is 0. The van der Waals surface area contributed by atoms with Crippen LogP contribution in [-0.4, -0.2) is 14.3 Å². The molecule has 0 saturated heterocycles. The molecule has 0 aliphatic heterocycles. The highest BCUT2D eigenvalue weighted by Crippen LogP contribution is 2.33. The SMILES string of the molecule is O=C(NNS(=O)(=O)c1cc(Cl)sc1Cl)c1ccccc1. The number of nitrogens with one attached hydrogen (secondary N) is 2. The van der Waals surface area contributed by atoms with Gasteiger partial charge in [0.1, 0.15) is 9.23 Å². The summed E-state index contributed by atoms with van der Waals surface area (Å²) in [6, 6.07) is 9.40. The van der Waals surface area contributed by atoms with Gasteiger partial charge in [0.2, 0.25) is 0 Å². The van der Waals surface area contributed by atoms with Crippen LogP contribution in [0, 0.1) is 0 Å². The summed E-state index contributed by atoms with van der Waals surface area (Å²) in [5.74, 6) is -0.577. The first-order valence-corrected chi connectivity index (χ1v) is 8.28. The molecule has 2 rings (SSSR count). The predicted octanol–water partition coefficient (Wildman–Crippen LogP) is 2.68. The van der Waals surface area contributed by atoms with Crippen LogP contribution in [-0.2, 0) is 10.0 Å². The van der Waals surface area contributed by atoms with Gasteiger partial charge in [-0.2, -0.15) is 0 Å². The zero-order chi connectivity index (χ0) is 14.8. The molecule has 0 saturated carbocycles. The molecule has 106 valence electrons. The fourth-order valence-electron chi connectivity index (χ4n) is 1.34. The van der Waals surface area contributed by atoms with E-state index in [9.17, 15) is 13.2 Å². The second-order valence-corrected chi connectivity index (χ2v) is 7.55. The van der Waals surface area contributed by atoms with Gasteiger partial charge >= 0.3 is 0 Å². The van der Waals surface area contributed by atoms with Crippen LogP contribution < -0.4 is 10.3 Å². The Bertz CT molecular complexity index is 729. The molecule has 1 heterocycles. The highest BCUT2D eigenvalue weighted by atomic mass is 35.5. The molecule has 0 spiro atoms. The van der Waals surface area contributed by atoms with Gasteiger partial charge < -0.3 is 0 Å². The fourth-order valence-corrected chi connectivity index (χ4v) is 4.33. The summed E-state index contributed by atoms with van der Waals surface area (Å²) in [6.07, 6.45) is 0. The smallest absolute Gasteiger partial charge is 0.266 e. The second kappa shape index (κ2) is 6.11. The summed E-state index contributed by atoms with van der Waals surface area (Å²) in [6.45, 7) is 0. The molecule has 2 aromatic rings. The van der Waals surface area contributed by atoms with E-state index < -0.39 is 15.9 Å². The third-order valence-corrected chi connectivity index (χ3v) is 5.25. The molecular formula is C11H8Cl2N2O3S2. The maximum Gasteiger partial charge on any atom is 0.266 e. The Labute approximate surface area is 129 Å². The van der Waals surface area contributed by atoms with Gasteiger partial charge in [0.15, 0.2) is 0 Å². The van der Waals surface area contributed by atoms with Crippen molar-refractivity contribution in [1.29, 1.82) is 0 Å². The molecule has 2 N–H and O–H groups in total. The number of rotatable bonds is 4. The maximum absolute atomic E-state index is 11.9. The van der Waals surface area contributed by atoms with E-state index in [2.05, 4.69) is 5.43 Å². The minimum absolute atomic E-state index is 0.0245. The Balaban J connectivity index is 2.11. The average molecular weight is 351 g/mol. The Morgan fingerprint density at radius 2 is 1.80 bits per heavy atom. The minimum Gasteiger partial charge on any atom is -0.273 e. The highest BCUT2D eigenvalue weighted by molar-refractivity contribution is 7.89. The van der Waals surface area contributed by atoms with Crippen molar-refractivity contribution in [1.82, 2.24) is 10.3 Å². The zero-order valence-electron chi connectivity index (χ0n) is 9.76. The molecule has 5 nitrogen and oxygen atoms in total. The lowest BCUT2D eigenvalue weighted by Crippen LogP contribution is -2.41. The number of hydrogen-bond donors (Lipinski definition) is 2. The Hall–Kier alpha value is -1.12. The van der Waals surface area contributed by atoms with Crippen molar-refractivity contribution in [2.75, 3.05) is 0 Å². The normalized spacial score (nSPS) is 11.3. The summed E-state index contributed by atoms with van der Waals surface area (Å²) >= 11 is 12.4. The number of hydrazine groups is 1. The quantitative estimate of drug-likeness (QED) is 0.832. The van der Waals surface area contributed by atoms with Crippen LogP contribution in [0.1, 0.15) is 10.4 Å². The summed E-state index contributed by atoms with van der Waals surface area (Å²) in [5, 5.41) is 0. The molecule has 1 amide bonds. The molecular weight excluding hydrogens is 343 g/mol. The molecule has 0 fully saturated rings. The van der Waals surface area contributed by atoms with Crippen LogP contribution in [0.4, 0.5) is 0 Å². The van der Waals surface area contributed by atoms with Gasteiger partial charge in [-0.25, -0.2) is 8.42 Å². The molecule has 0 unspecified atom stereocenters. The first-order valence-electron chi connectivity index (χ1n) is 5.22. The number of thiophene rings is 1. The molecule has 9 heteroatoms. The number of carbonyl (C=O) groups excluding carboxylic acids is 1. The van der Waals surface area contributed by atoms with Gasteiger partial charge in [-0.3, -0.25) is 10.2 Å². The maximum atomic E-state index is 11.9. The van der Waals surface area contributed by atoms with E-state index in [1.165, 1.54) is 6.07 Å². The first kappa shape index (κ1) is 15.3. The van der Waals surface area contributed by atoms with Gasteiger partial charge in [-0.1, -0.05) is 41.4 Å². The van der Waals surface area contributed by atoms with Crippen molar-refractivity contribution in [2.45, 2.75) is 4.90 Å². The lowest BCUT2D eigenvalue weighted by atomic mass is 10.2. The zero-order valence-corrected chi connectivity index (χ0v) is 12.9. The second-order valence-electron chi connectivity index (χ2n) is 3.61. The molecule has 0 aliphatic carbocycles. The molecule has 0 bridgehead atoms. The summed E-state index contributed by atoms with van der Waals surface area (Å²) in [5.41, 5.74) is 2.42. The number of carbonyl (C=O) groups is 1. The number of sulfonamides is 1. The van der Waals surface area contributed by atoms with Gasteiger partial charge in [0.25, 0.3) is 15.9 Å². The van der Waals surface area contributed by atoms with Crippen molar-refractivity contribution >= 4 is 50.5 Å². The van der Waals surface area contributed by atoms with Crippen molar-refractivity contribution in [3.63, 3.8) is 0 Å². The lowest BCUT2D eigenvalue weighted by molar-refractivity contribution is 0.0945. The van der Waals surface area contributed by atoms with E-state index in [0.717, 1.165) is 11.3 Å². The molecule has 0 radical (unpaired) electrons. The van der Waals surface area contributed by atoms with E-state index in [4.69, 9.17) is 23.2 Å². The minimum atomic E-state index is -3.96. The monoisotopic (exact) mass is 350 g/mol. The summed E-state index contributed by atoms with van der Waals surface area (Å²) in [4.78, 5) is 13.5. The van der Waals surface area contributed by atoms with Crippen LogP contribution >= 0.6 is 34.5 Å². The topological polar surface area (TPSA) is 75.3 Å². The van der Waals surface area contributed by atoms with Crippen LogP contribution in [0.2, 0.25) is 8.67 Å². The van der Waals surface area contributed by atoms with Gasteiger partial charge in [-0.15, -0.1) is 16.2 Å². The van der Waals surface area contributed by atoms with E-state index in [1.807, 2.05) is 4.83 Å². The van der Waals surface area contributed by atoms with Crippen LogP contribution in [0.15, 0.2) is 41.3 Å². The average Bonchev–Trinajstić information content (AvgIpc) is 2.77. The summed E-state index contributed by atoms with van der Waals surface area (Å²) in [7, 11) is -3.96. The number of benzene rings is 1. The summed E-state index contributed by atoms with van der Waals surface area (Å²) < 4.78 is 24.1. The molecule has 0 aliphatic rings. The molecule has 20 heavy (non-hydrogen) atoms. The standard InChI is InChI=1S/C11H8Cl2N2O3S2/c12-9-6-8(10(13)19-9)20(17,18)15-14-11(16)7-4-2-1-3-5-7/h1-6,15H,(H,14,16). The van der Waals surface area contributed by atoms with E-state index in [-0.39, 0.29) is 13.6 Å². The molecule has 0 atom stereocenters. The number of hydrogen-bond acceptors (Lipinski definition) is 4. The van der Waals surface area contributed by atoms with Crippen LogP contribution in [0.5, 0.6) is 0 Å². The van der Waals surface area contributed by atoms with E-state index in [0.29, 0.717) is 5.56 Å².